The molecule has 0 aliphatic carbocycles. The monoisotopic (exact) mass is 357 g/mol. The SMILES string of the molecule is C=CCOC(=O)N1CC(=O)C(C(=O)OC(C)(C)C)C[C@H]1COCOC. The summed E-state index contributed by atoms with van der Waals surface area (Å²) in [5.74, 6) is -1.90. The lowest BCUT2D eigenvalue weighted by atomic mass is 9.90. The molecular weight excluding hydrogens is 330 g/mol. The largest absolute Gasteiger partial charge is 0.459 e. The maximum absolute atomic E-state index is 12.3. The molecule has 1 heterocycles. The summed E-state index contributed by atoms with van der Waals surface area (Å²) in [7, 11) is 1.48. The fourth-order valence-electron chi connectivity index (χ4n) is 2.39. The Morgan fingerprint density at radius 2 is 2.04 bits per heavy atom. The van der Waals surface area contributed by atoms with Gasteiger partial charge in [0.25, 0.3) is 0 Å². The lowest BCUT2D eigenvalue weighted by Crippen LogP contribution is -2.54. The van der Waals surface area contributed by atoms with Gasteiger partial charge in [-0.15, -0.1) is 0 Å². The Labute approximate surface area is 148 Å². The van der Waals surface area contributed by atoms with Crippen LogP contribution in [0.25, 0.3) is 0 Å². The molecule has 0 N–H and O–H groups in total. The first-order chi connectivity index (χ1) is 11.7. The number of hydrogen-bond acceptors (Lipinski definition) is 7. The van der Waals surface area contributed by atoms with Gasteiger partial charge in [0, 0.05) is 7.11 Å². The van der Waals surface area contributed by atoms with E-state index in [1.165, 1.54) is 18.1 Å². The van der Waals surface area contributed by atoms with E-state index in [2.05, 4.69) is 6.58 Å². The Morgan fingerprint density at radius 1 is 1.36 bits per heavy atom. The van der Waals surface area contributed by atoms with Gasteiger partial charge < -0.3 is 18.9 Å². The topological polar surface area (TPSA) is 91.4 Å². The molecule has 0 aromatic heterocycles. The molecule has 8 heteroatoms. The lowest BCUT2D eigenvalue weighted by Gasteiger charge is -2.37. The summed E-state index contributed by atoms with van der Waals surface area (Å²) in [6.07, 6.45) is 0.895. The van der Waals surface area contributed by atoms with Crippen LogP contribution in [-0.4, -0.2) is 68.0 Å². The Hall–Kier alpha value is -1.93. The second kappa shape index (κ2) is 9.53. The number of likely N-dealkylation sites (tertiary alicyclic amines) is 1. The molecule has 0 bridgehead atoms. The molecule has 2 atom stereocenters. The van der Waals surface area contributed by atoms with Gasteiger partial charge in [-0.2, -0.15) is 0 Å². The molecule has 0 spiro atoms. The first kappa shape index (κ1) is 21.1. The number of piperidine rings is 1. The number of nitrogens with zero attached hydrogens (tertiary/aromatic N) is 1. The van der Waals surface area contributed by atoms with Crippen molar-refractivity contribution in [3.63, 3.8) is 0 Å². The van der Waals surface area contributed by atoms with E-state index < -0.39 is 29.6 Å². The fraction of sp³-hybridized carbons (Fsp3) is 0.706. The van der Waals surface area contributed by atoms with E-state index in [0.29, 0.717) is 0 Å². The number of hydrogen-bond donors (Lipinski definition) is 0. The fourth-order valence-corrected chi connectivity index (χ4v) is 2.39. The number of carbonyl (C=O) groups excluding carboxylic acids is 3. The quantitative estimate of drug-likeness (QED) is 0.224. The molecule has 25 heavy (non-hydrogen) atoms. The van der Waals surface area contributed by atoms with Crippen molar-refractivity contribution in [3.05, 3.63) is 12.7 Å². The van der Waals surface area contributed by atoms with Gasteiger partial charge in [-0.1, -0.05) is 12.7 Å². The summed E-state index contributed by atoms with van der Waals surface area (Å²) in [5.41, 5.74) is -0.695. The zero-order valence-electron chi connectivity index (χ0n) is 15.3. The summed E-state index contributed by atoms with van der Waals surface area (Å²) in [6.45, 7) is 8.62. The predicted molar refractivity (Wildman–Crippen MR) is 88.8 cm³/mol. The molecular formula is C17H27NO7. The highest BCUT2D eigenvalue weighted by Crippen LogP contribution is 2.25. The van der Waals surface area contributed by atoms with Crippen LogP contribution in [0, 0.1) is 5.92 Å². The van der Waals surface area contributed by atoms with Crippen LogP contribution in [-0.2, 0) is 28.5 Å². The molecule has 142 valence electrons. The van der Waals surface area contributed by atoms with Crippen molar-refractivity contribution in [2.75, 3.05) is 33.7 Å². The highest BCUT2D eigenvalue weighted by Gasteiger charge is 2.42. The van der Waals surface area contributed by atoms with Crippen molar-refractivity contribution in [1.82, 2.24) is 4.90 Å². The van der Waals surface area contributed by atoms with Crippen LogP contribution in [0.5, 0.6) is 0 Å². The first-order valence-electron chi connectivity index (χ1n) is 8.06. The zero-order chi connectivity index (χ0) is 19.0. The third-order valence-electron chi connectivity index (χ3n) is 3.43. The number of carbonyl (C=O) groups is 3. The minimum absolute atomic E-state index is 0.0324. The Morgan fingerprint density at radius 3 is 2.60 bits per heavy atom. The molecule has 1 unspecified atom stereocenters. The molecule has 1 fully saturated rings. The van der Waals surface area contributed by atoms with Gasteiger partial charge in [-0.25, -0.2) is 4.79 Å². The van der Waals surface area contributed by atoms with E-state index in [9.17, 15) is 14.4 Å². The van der Waals surface area contributed by atoms with Crippen LogP contribution < -0.4 is 0 Å². The van der Waals surface area contributed by atoms with Gasteiger partial charge in [0.05, 0.1) is 19.2 Å². The second-order valence-electron chi connectivity index (χ2n) is 6.71. The summed E-state index contributed by atoms with van der Waals surface area (Å²) < 4.78 is 20.5. The third-order valence-corrected chi connectivity index (χ3v) is 3.43. The Balaban J connectivity index is 2.85. The maximum Gasteiger partial charge on any atom is 0.410 e. The highest BCUT2D eigenvalue weighted by atomic mass is 16.7. The molecule has 1 aliphatic rings. The average molecular weight is 357 g/mol. The van der Waals surface area contributed by atoms with Crippen LogP contribution in [0.4, 0.5) is 4.79 Å². The molecule has 0 aromatic carbocycles. The maximum atomic E-state index is 12.3. The summed E-state index contributed by atoms with van der Waals surface area (Å²) in [5, 5.41) is 0. The Bertz CT molecular complexity index is 498. The van der Waals surface area contributed by atoms with Crippen molar-refractivity contribution in [2.24, 2.45) is 5.92 Å². The molecule has 0 aromatic rings. The van der Waals surface area contributed by atoms with Gasteiger partial charge in [0.1, 0.15) is 24.9 Å². The van der Waals surface area contributed by atoms with Crippen LogP contribution in [0.15, 0.2) is 12.7 Å². The second-order valence-corrected chi connectivity index (χ2v) is 6.71. The van der Waals surface area contributed by atoms with Crippen LogP contribution in [0.2, 0.25) is 0 Å². The van der Waals surface area contributed by atoms with Gasteiger partial charge in [0.2, 0.25) is 0 Å². The summed E-state index contributed by atoms with van der Waals surface area (Å²) >= 11 is 0. The van der Waals surface area contributed by atoms with Gasteiger partial charge in [0.15, 0.2) is 5.78 Å². The minimum atomic E-state index is -0.932. The van der Waals surface area contributed by atoms with E-state index >= 15 is 0 Å². The van der Waals surface area contributed by atoms with Crippen molar-refractivity contribution in [3.8, 4) is 0 Å². The van der Waals surface area contributed by atoms with E-state index in [0.717, 1.165) is 0 Å². The number of methoxy groups -OCH3 is 1. The minimum Gasteiger partial charge on any atom is -0.459 e. The third kappa shape index (κ3) is 6.83. The van der Waals surface area contributed by atoms with E-state index in [-0.39, 0.29) is 38.8 Å². The van der Waals surface area contributed by atoms with Gasteiger partial charge >= 0.3 is 12.1 Å². The summed E-state index contributed by atoms with van der Waals surface area (Å²) in [6, 6.07) is -0.498. The van der Waals surface area contributed by atoms with Crippen LogP contribution >= 0.6 is 0 Å². The average Bonchev–Trinajstić information content (AvgIpc) is 2.52. The van der Waals surface area contributed by atoms with Crippen molar-refractivity contribution < 1.29 is 33.3 Å². The molecule has 0 radical (unpaired) electrons. The Kier molecular flexibility index (Phi) is 8.05. The predicted octanol–water partition coefficient (Wildman–Crippen LogP) is 1.53. The molecule has 1 rings (SSSR count). The lowest BCUT2D eigenvalue weighted by molar-refractivity contribution is -0.165. The van der Waals surface area contributed by atoms with Crippen molar-refractivity contribution >= 4 is 17.8 Å². The molecule has 1 amide bonds. The van der Waals surface area contributed by atoms with Gasteiger partial charge in [-0.05, 0) is 27.2 Å². The standard InChI is InChI=1S/C17H27NO7/c1-6-7-24-16(21)18-9-14(19)13(15(20)25-17(2,3)4)8-12(18)10-23-11-22-5/h6,12-13H,1,7-11H2,2-5H3/t12-,13?/m0/s1. The number of rotatable bonds is 7. The molecule has 1 aliphatic heterocycles. The summed E-state index contributed by atoms with van der Waals surface area (Å²) in [4.78, 5) is 38.1. The number of ketones is 1. The van der Waals surface area contributed by atoms with E-state index in [1.54, 1.807) is 20.8 Å². The smallest absolute Gasteiger partial charge is 0.410 e. The number of esters is 1. The first-order valence-corrected chi connectivity index (χ1v) is 8.06. The zero-order valence-corrected chi connectivity index (χ0v) is 15.3. The molecule has 8 nitrogen and oxygen atoms in total. The molecule has 0 saturated carbocycles. The normalized spacial score (nSPS) is 21.0. The molecule has 1 saturated heterocycles. The van der Waals surface area contributed by atoms with E-state index in [4.69, 9.17) is 18.9 Å². The number of amides is 1. The van der Waals surface area contributed by atoms with Crippen molar-refractivity contribution in [2.45, 2.75) is 38.8 Å². The van der Waals surface area contributed by atoms with Crippen molar-refractivity contribution in [1.29, 1.82) is 0 Å². The number of ether oxygens (including phenoxy) is 4. The van der Waals surface area contributed by atoms with Crippen LogP contribution in [0.3, 0.4) is 0 Å². The van der Waals surface area contributed by atoms with Crippen LogP contribution in [0.1, 0.15) is 27.2 Å². The number of Topliss-reactive ketones (excluding diaryl/α,β-unsaturated/α-hetero) is 1. The highest BCUT2D eigenvalue weighted by molar-refractivity contribution is 6.01. The van der Waals surface area contributed by atoms with Gasteiger partial charge in [-0.3, -0.25) is 14.5 Å². The van der Waals surface area contributed by atoms with E-state index in [1.807, 2.05) is 0 Å².